The molecule has 0 bridgehead atoms. The number of fused-ring (bicyclic) bond motifs is 1. The molecule has 0 unspecified atom stereocenters. The summed E-state index contributed by atoms with van der Waals surface area (Å²) in [6.45, 7) is 1.71. The molecule has 7 nitrogen and oxygen atoms in total. The van der Waals surface area contributed by atoms with Gasteiger partial charge in [-0.05, 0) is 49.4 Å². The Balaban J connectivity index is 1.43. The minimum absolute atomic E-state index is 0.196. The normalized spacial score (nSPS) is 19.5. The van der Waals surface area contributed by atoms with E-state index in [4.69, 9.17) is 4.74 Å². The highest BCUT2D eigenvalue weighted by Gasteiger charge is 2.39. The van der Waals surface area contributed by atoms with Crippen LogP contribution in [0.3, 0.4) is 0 Å². The fraction of sp³-hybridized carbons (Fsp3) is 0.464. The van der Waals surface area contributed by atoms with Gasteiger partial charge in [0, 0.05) is 30.2 Å². The van der Waals surface area contributed by atoms with Gasteiger partial charge in [-0.25, -0.2) is 17.5 Å². The van der Waals surface area contributed by atoms with E-state index in [2.05, 4.69) is 22.8 Å². The van der Waals surface area contributed by atoms with E-state index in [0.717, 1.165) is 54.3 Å². The van der Waals surface area contributed by atoms with Crippen molar-refractivity contribution in [3.8, 4) is 11.3 Å². The van der Waals surface area contributed by atoms with Gasteiger partial charge in [0.2, 0.25) is 0 Å². The van der Waals surface area contributed by atoms with Crippen molar-refractivity contribution in [1.82, 2.24) is 13.8 Å². The van der Waals surface area contributed by atoms with Gasteiger partial charge >= 0.3 is 6.03 Å². The molecule has 0 atom stereocenters. The van der Waals surface area contributed by atoms with Gasteiger partial charge in [-0.2, -0.15) is 0 Å². The molecule has 36 heavy (non-hydrogen) atoms. The minimum atomic E-state index is -4.03. The number of aromatic nitrogens is 1. The second kappa shape index (κ2) is 9.56. The first-order valence-corrected chi connectivity index (χ1v) is 14.6. The van der Waals surface area contributed by atoms with Crippen LogP contribution in [0.2, 0.25) is 0 Å². The third kappa shape index (κ3) is 4.30. The number of benzene rings is 2. The van der Waals surface area contributed by atoms with Gasteiger partial charge < -0.3 is 14.2 Å². The number of ether oxygens (including phenoxy) is 1. The van der Waals surface area contributed by atoms with Gasteiger partial charge in [0.05, 0.1) is 29.7 Å². The summed E-state index contributed by atoms with van der Waals surface area (Å²) in [6.07, 6.45) is 6.57. The van der Waals surface area contributed by atoms with Crippen LogP contribution in [-0.4, -0.2) is 60.6 Å². The van der Waals surface area contributed by atoms with Crippen LogP contribution in [0.5, 0.6) is 0 Å². The van der Waals surface area contributed by atoms with Crippen molar-refractivity contribution in [3.63, 3.8) is 0 Å². The van der Waals surface area contributed by atoms with Gasteiger partial charge in [0.25, 0.3) is 10.0 Å². The summed E-state index contributed by atoms with van der Waals surface area (Å²) in [5.41, 5.74) is 3.15. The lowest BCUT2D eigenvalue weighted by molar-refractivity contribution is 0.0457. The fourth-order valence-electron chi connectivity index (χ4n) is 5.70. The average molecular weight is 508 g/mol. The molecule has 2 aromatic carbocycles. The van der Waals surface area contributed by atoms with Crippen molar-refractivity contribution >= 4 is 27.0 Å². The molecule has 1 aromatic heterocycles. The maximum atomic E-state index is 14.2. The lowest BCUT2D eigenvalue weighted by Gasteiger charge is -2.38. The summed E-state index contributed by atoms with van der Waals surface area (Å²) in [4.78, 5) is 15.5. The topological polar surface area (TPSA) is 71.8 Å². The number of amides is 2. The molecule has 2 saturated carbocycles. The molecule has 0 N–H and O–H groups in total. The average Bonchev–Trinajstić information content (AvgIpc) is 3.69. The molecule has 0 spiro atoms. The Hall–Kier alpha value is -2.84. The van der Waals surface area contributed by atoms with Crippen molar-refractivity contribution in [3.05, 3.63) is 54.6 Å². The van der Waals surface area contributed by atoms with E-state index in [9.17, 15) is 13.2 Å². The van der Waals surface area contributed by atoms with Gasteiger partial charge in [-0.15, -0.1) is 0 Å². The molecule has 6 rings (SSSR count). The lowest BCUT2D eigenvalue weighted by atomic mass is 9.95. The van der Waals surface area contributed by atoms with Gasteiger partial charge in [-0.3, -0.25) is 0 Å². The Morgan fingerprint density at radius 1 is 0.889 bits per heavy atom. The van der Waals surface area contributed by atoms with E-state index < -0.39 is 16.1 Å². The van der Waals surface area contributed by atoms with Gasteiger partial charge in [0.15, 0.2) is 0 Å². The van der Waals surface area contributed by atoms with Crippen molar-refractivity contribution in [2.75, 3.05) is 26.3 Å². The molecule has 2 aliphatic carbocycles. The first-order chi connectivity index (χ1) is 17.5. The highest BCUT2D eigenvalue weighted by Crippen LogP contribution is 2.43. The zero-order chi connectivity index (χ0) is 24.7. The summed E-state index contributed by atoms with van der Waals surface area (Å²) in [5, 5.41) is 1.02. The van der Waals surface area contributed by atoms with Crippen LogP contribution in [0, 0.1) is 0 Å². The summed E-state index contributed by atoms with van der Waals surface area (Å²) in [5.74, 6) is 0. The van der Waals surface area contributed by atoms with Crippen LogP contribution in [0.25, 0.3) is 22.2 Å². The first-order valence-electron chi connectivity index (χ1n) is 13.2. The quantitative estimate of drug-likeness (QED) is 0.462. The van der Waals surface area contributed by atoms with E-state index >= 15 is 0 Å². The number of nitrogens with zero attached hydrogens (tertiary/aromatic N) is 3. The van der Waals surface area contributed by atoms with Crippen LogP contribution in [-0.2, 0) is 14.8 Å². The summed E-state index contributed by atoms with van der Waals surface area (Å²) >= 11 is 0. The van der Waals surface area contributed by atoms with E-state index in [-0.39, 0.29) is 10.9 Å². The first kappa shape index (κ1) is 23.6. The fourth-order valence-corrected chi connectivity index (χ4v) is 7.35. The summed E-state index contributed by atoms with van der Waals surface area (Å²) < 4.78 is 37.3. The molecule has 1 saturated heterocycles. The Labute approximate surface area is 212 Å². The number of rotatable bonds is 5. The number of urea groups is 1. The van der Waals surface area contributed by atoms with E-state index in [0.29, 0.717) is 45.2 Å². The second-order valence-electron chi connectivity index (χ2n) is 10.2. The molecule has 2 heterocycles. The van der Waals surface area contributed by atoms with Crippen LogP contribution >= 0.6 is 0 Å². The molecule has 0 radical (unpaired) electrons. The number of sulfonamides is 1. The predicted molar refractivity (Wildman–Crippen MR) is 139 cm³/mol. The Kier molecular flexibility index (Phi) is 6.25. The summed E-state index contributed by atoms with van der Waals surface area (Å²) in [6, 6.07) is 17.4. The zero-order valence-corrected chi connectivity index (χ0v) is 21.3. The SMILES string of the molecule is O=C(N1CCOCC1)N(C1CCCCC1)S(=O)(=O)c1ccc2cc(-c3ccccc3)n(C3CC3)c2c1. The Morgan fingerprint density at radius 3 is 2.31 bits per heavy atom. The third-order valence-corrected chi connectivity index (χ3v) is 9.55. The van der Waals surface area contributed by atoms with Crippen molar-refractivity contribution < 1.29 is 17.9 Å². The van der Waals surface area contributed by atoms with Crippen LogP contribution in [0.15, 0.2) is 59.5 Å². The third-order valence-electron chi connectivity index (χ3n) is 7.73. The molecule has 3 fully saturated rings. The number of hydrogen-bond acceptors (Lipinski definition) is 4. The van der Waals surface area contributed by atoms with Gasteiger partial charge in [0.1, 0.15) is 0 Å². The number of carbonyl (C=O) groups excluding carboxylic acids is 1. The second-order valence-corrected chi connectivity index (χ2v) is 12.0. The molecule has 2 amide bonds. The van der Waals surface area contributed by atoms with Crippen molar-refractivity contribution in [1.29, 1.82) is 0 Å². The molecule has 3 aliphatic rings. The largest absolute Gasteiger partial charge is 0.378 e. The predicted octanol–water partition coefficient (Wildman–Crippen LogP) is 5.42. The van der Waals surface area contributed by atoms with Crippen molar-refractivity contribution in [2.45, 2.75) is 61.9 Å². The Morgan fingerprint density at radius 2 is 1.61 bits per heavy atom. The van der Waals surface area contributed by atoms with Crippen LogP contribution in [0.4, 0.5) is 4.79 Å². The van der Waals surface area contributed by atoms with E-state index in [1.165, 1.54) is 4.31 Å². The highest BCUT2D eigenvalue weighted by atomic mass is 32.2. The number of carbonyl (C=O) groups is 1. The smallest absolute Gasteiger partial charge is 0.334 e. The molecular weight excluding hydrogens is 474 g/mol. The standard InChI is InChI=1S/C28H33N3O4S/c32-28(29-15-17-35-18-16-29)31(24-9-5-2-6-10-24)36(33,34)25-14-11-22-19-26(21-7-3-1-4-8-21)30(23-12-13-23)27(22)20-25/h1,3-4,7-8,11,14,19-20,23-24H,2,5-6,9-10,12-13,15-18H2. The molecule has 8 heteroatoms. The summed E-state index contributed by atoms with van der Waals surface area (Å²) in [7, 11) is -4.03. The molecule has 3 aromatic rings. The van der Waals surface area contributed by atoms with Gasteiger partial charge in [-0.1, -0.05) is 55.7 Å². The Bertz CT molecular complexity index is 1350. The molecular formula is C28H33N3O4S. The number of morpholine rings is 1. The van der Waals surface area contributed by atoms with Crippen LogP contribution < -0.4 is 0 Å². The van der Waals surface area contributed by atoms with Crippen molar-refractivity contribution in [2.24, 2.45) is 0 Å². The zero-order valence-electron chi connectivity index (χ0n) is 20.5. The minimum Gasteiger partial charge on any atom is -0.378 e. The molecule has 1 aliphatic heterocycles. The van der Waals surface area contributed by atoms with E-state index in [1.807, 2.05) is 24.3 Å². The highest BCUT2D eigenvalue weighted by molar-refractivity contribution is 7.89. The lowest BCUT2D eigenvalue weighted by Crippen LogP contribution is -2.54. The van der Waals surface area contributed by atoms with E-state index in [1.54, 1.807) is 17.0 Å². The molecule has 190 valence electrons. The maximum absolute atomic E-state index is 14.2. The number of hydrogen-bond donors (Lipinski definition) is 0. The van der Waals surface area contributed by atoms with Crippen LogP contribution in [0.1, 0.15) is 51.0 Å². The maximum Gasteiger partial charge on any atom is 0.334 e. The monoisotopic (exact) mass is 507 g/mol.